The molecule has 0 saturated carbocycles. The standard InChI is InChI=1S/C18H15BrN4O3/c19-11-7-10-1-2-13(9-15(24)21-12-3-5-20-6-4-12)23-16(10)14(8-11)22-17(25)18(23)26/h3-8,13H,1-2,9H2,(H,22,25)(H,20,21,24). The number of carbonyl (C=O) groups is 1. The Morgan fingerprint density at radius 3 is 2.85 bits per heavy atom. The summed E-state index contributed by atoms with van der Waals surface area (Å²) in [5, 5.41) is 2.80. The number of anilines is 1. The number of carbonyl (C=O) groups excluding carboxylic acids is 1. The van der Waals surface area contributed by atoms with Crippen molar-refractivity contribution in [1.29, 1.82) is 0 Å². The molecule has 2 aromatic heterocycles. The SMILES string of the molecule is O=C(CC1CCc2cc(Br)cc3[nH]c(=O)c(=O)n1c23)Nc1ccncc1. The molecule has 0 radical (unpaired) electrons. The molecule has 1 aliphatic heterocycles. The van der Waals surface area contributed by atoms with Gasteiger partial charge in [0.2, 0.25) is 5.91 Å². The van der Waals surface area contributed by atoms with Crippen LogP contribution in [0.25, 0.3) is 11.0 Å². The lowest BCUT2D eigenvalue weighted by atomic mass is 9.96. The quantitative estimate of drug-likeness (QED) is 0.642. The van der Waals surface area contributed by atoms with Gasteiger partial charge in [0.25, 0.3) is 0 Å². The van der Waals surface area contributed by atoms with Crippen LogP contribution in [-0.2, 0) is 11.2 Å². The number of pyridine rings is 1. The second kappa shape index (κ2) is 6.53. The molecule has 132 valence electrons. The van der Waals surface area contributed by atoms with Crippen LogP contribution in [0.5, 0.6) is 0 Å². The first-order valence-electron chi connectivity index (χ1n) is 8.20. The van der Waals surface area contributed by atoms with Crippen molar-refractivity contribution >= 4 is 38.6 Å². The Bertz CT molecular complexity index is 1120. The van der Waals surface area contributed by atoms with Crippen molar-refractivity contribution in [2.75, 3.05) is 5.32 Å². The summed E-state index contributed by atoms with van der Waals surface area (Å²) in [6.45, 7) is 0. The van der Waals surface area contributed by atoms with Gasteiger partial charge in [0, 0.05) is 35.0 Å². The largest absolute Gasteiger partial charge is 0.326 e. The van der Waals surface area contributed by atoms with E-state index in [0.29, 0.717) is 23.1 Å². The molecule has 0 aliphatic carbocycles. The van der Waals surface area contributed by atoms with Crippen molar-refractivity contribution in [3.63, 3.8) is 0 Å². The Kier molecular flexibility index (Phi) is 4.20. The van der Waals surface area contributed by atoms with E-state index >= 15 is 0 Å². The lowest BCUT2D eigenvalue weighted by Crippen LogP contribution is -2.41. The number of amides is 1. The van der Waals surface area contributed by atoms with E-state index in [2.05, 4.69) is 31.2 Å². The van der Waals surface area contributed by atoms with Gasteiger partial charge < -0.3 is 10.3 Å². The first-order chi connectivity index (χ1) is 12.5. The Labute approximate surface area is 156 Å². The molecule has 3 aromatic rings. The Morgan fingerprint density at radius 2 is 2.08 bits per heavy atom. The molecule has 1 aliphatic rings. The number of hydrogen-bond acceptors (Lipinski definition) is 4. The lowest BCUT2D eigenvalue weighted by Gasteiger charge is -2.27. The van der Waals surface area contributed by atoms with Gasteiger partial charge in [-0.05, 0) is 42.7 Å². The van der Waals surface area contributed by atoms with Gasteiger partial charge in [-0.3, -0.25) is 23.9 Å². The Hall–Kier alpha value is -2.74. The zero-order valence-corrected chi connectivity index (χ0v) is 15.2. The van der Waals surface area contributed by atoms with Crippen LogP contribution in [0.1, 0.15) is 24.4 Å². The number of hydrogen-bond donors (Lipinski definition) is 2. The summed E-state index contributed by atoms with van der Waals surface area (Å²) in [6, 6.07) is 6.76. The fourth-order valence-corrected chi connectivity index (χ4v) is 3.97. The molecular formula is C18H15BrN4O3. The fourth-order valence-electron chi connectivity index (χ4n) is 3.47. The zero-order chi connectivity index (χ0) is 18.3. The van der Waals surface area contributed by atoms with Crippen molar-refractivity contribution in [2.24, 2.45) is 0 Å². The van der Waals surface area contributed by atoms with Crippen molar-refractivity contribution in [3.05, 3.63) is 67.4 Å². The minimum Gasteiger partial charge on any atom is -0.326 e. The number of nitrogens with zero attached hydrogens (tertiary/aromatic N) is 2. The molecule has 0 bridgehead atoms. The molecule has 26 heavy (non-hydrogen) atoms. The zero-order valence-electron chi connectivity index (χ0n) is 13.7. The maximum absolute atomic E-state index is 12.5. The third-order valence-electron chi connectivity index (χ3n) is 4.55. The lowest BCUT2D eigenvalue weighted by molar-refractivity contribution is -0.117. The summed E-state index contributed by atoms with van der Waals surface area (Å²) < 4.78 is 2.32. The number of aromatic nitrogens is 3. The van der Waals surface area contributed by atoms with Gasteiger partial charge >= 0.3 is 11.1 Å². The highest BCUT2D eigenvalue weighted by Crippen LogP contribution is 2.32. The molecule has 8 heteroatoms. The molecule has 0 spiro atoms. The number of nitrogens with one attached hydrogen (secondary N) is 2. The summed E-state index contributed by atoms with van der Waals surface area (Å²) in [5.41, 5.74) is 1.62. The maximum Gasteiger partial charge on any atom is 0.317 e. The highest BCUT2D eigenvalue weighted by Gasteiger charge is 2.26. The predicted molar refractivity (Wildman–Crippen MR) is 101 cm³/mol. The van der Waals surface area contributed by atoms with Gasteiger partial charge in [-0.1, -0.05) is 15.9 Å². The van der Waals surface area contributed by atoms with Crippen LogP contribution in [0, 0.1) is 0 Å². The maximum atomic E-state index is 12.5. The molecule has 0 fully saturated rings. The van der Waals surface area contributed by atoms with Gasteiger partial charge in [0.1, 0.15) is 0 Å². The fraction of sp³-hybridized carbons (Fsp3) is 0.222. The topological polar surface area (TPSA) is 96.9 Å². The number of aromatic amines is 1. The number of rotatable bonds is 3. The first kappa shape index (κ1) is 16.7. The predicted octanol–water partition coefficient (Wildman–Crippen LogP) is 2.36. The van der Waals surface area contributed by atoms with Gasteiger partial charge in [0.05, 0.1) is 11.0 Å². The number of aryl methyl sites for hydroxylation is 1. The van der Waals surface area contributed by atoms with E-state index in [1.54, 1.807) is 30.6 Å². The molecular weight excluding hydrogens is 400 g/mol. The van der Waals surface area contributed by atoms with Crippen molar-refractivity contribution in [2.45, 2.75) is 25.3 Å². The highest BCUT2D eigenvalue weighted by atomic mass is 79.9. The molecule has 1 atom stereocenters. The molecule has 1 amide bonds. The Morgan fingerprint density at radius 1 is 1.31 bits per heavy atom. The average molecular weight is 415 g/mol. The summed E-state index contributed by atoms with van der Waals surface area (Å²) >= 11 is 3.43. The number of benzene rings is 1. The van der Waals surface area contributed by atoms with Gasteiger partial charge in [-0.2, -0.15) is 0 Å². The summed E-state index contributed by atoms with van der Waals surface area (Å²) in [4.78, 5) is 43.5. The summed E-state index contributed by atoms with van der Waals surface area (Å²) in [6.07, 6.45) is 4.65. The van der Waals surface area contributed by atoms with E-state index in [1.807, 2.05) is 6.07 Å². The average Bonchev–Trinajstić information content (AvgIpc) is 2.61. The van der Waals surface area contributed by atoms with Crippen LogP contribution in [0.3, 0.4) is 0 Å². The number of halogens is 1. The monoisotopic (exact) mass is 414 g/mol. The third-order valence-corrected chi connectivity index (χ3v) is 5.01. The van der Waals surface area contributed by atoms with E-state index < -0.39 is 11.1 Å². The highest BCUT2D eigenvalue weighted by molar-refractivity contribution is 9.10. The van der Waals surface area contributed by atoms with Crippen LogP contribution in [-0.4, -0.2) is 20.4 Å². The summed E-state index contributed by atoms with van der Waals surface area (Å²) in [7, 11) is 0. The minimum atomic E-state index is -0.678. The first-order valence-corrected chi connectivity index (χ1v) is 8.99. The molecule has 4 rings (SSSR count). The van der Waals surface area contributed by atoms with Crippen LogP contribution in [0.15, 0.2) is 50.7 Å². The van der Waals surface area contributed by atoms with E-state index in [1.165, 1.54) is 4.57 Å². The van der Waals surface area contributed by atoms with Crippen LogP contribution in [0.4, 0.5) is 5.69 Å². The molecule has 7 nitrogen and oxygen atoms in total. The van der Waals surface area contributed by atoms with Crippen molar-refractivity contribution < 1.29 is 4.79 Å². The van der Waals surface area contributed by atoms with Crippen molar-refractivity contribution in [1.82, 2.24) is 14.5 Å². The number of H-pyrrole nitrogens is 1. The Balaban J connectivity index is 1.73. The molecule has 0 saturated heterocycles. The molecule has 1 aromatic carbocycles. The molecule has 1 unspecified atom stereocenters. The normalized spacial score (nSPS) is 15.8. The van der Waals surface area contributed by atoms with Crippen LogP contribution >= 0.6 is 15.9 Å². The van der Waals surface area contributed by atoms with E-state index in [9.17, 15) is 14.4 Å². The van der Waals surface area contributed by atoms with Crippen molar-refractivity contribution in [3.8, 4) is 0 Å². The third kappa shape index (κ3) is 2.96. The molecule has 2 N–H and O–H groups in total. The van der Waals surface area contributed by atoms with E-state index in [0.717, 1.165) is 16.5 Å². The van der Waals surface area contributed by atoms with Crippen LogP contribution in [0.2, 0.25) is 0 Å². The van der Waals surface area contributed by atoms with E-state index in [-0.39, 0.29) is 18.4 Å². The van der Waals surface area contributed by atoms with E-state index in [4.69, 9.17) is 0 Å². The van der Waals surface area contributed by atoms with Gasteiger partial charge in [0.15, 0.2) is 0 Å². The smallest absolute Gasteiger partial charge is 0.317 e. The van der Waals surface area contributed by atoms with Gasteiger partial charge in [-0.15, -0.1) is 0 Å². The van der Waals surface area contributed by atoms with Gasteiger partial charge in [-0.25, -0.2) is 0 Å². The molecule has 3 heterocycles. The second-order valence-electron chi connectivity index (χ2n) is 6.27. The minimum absolute atomic E-state index is 0.121. The second-order valence-corrected chi connectivity index (χ2v) is 7.19. The summed E-state index contributed by atoms with van der Waals surface area (Å²) in [5.74, 6) is -0.206. The van der Waals surface area contributed by atoms with Crippen LogP contribution < -0.4 is 16.4 Å².